The maximum atomic E-state index is 4.58. The van der Waals surface area contributed by atoms with Gasteiger partial charge in [0.15, 0.2) is 0 Å². The fourth-order valence-electron chi connectivity index (χ4n) is 1.91. The van der Waals surface area contributed by atoms with E-state index in [0.29, 0.717) is 0 Å². The van der Waals surface area contributed by atoms with Crippen LogP contribution in [0.15, 0.2) is 59.8 Å². The zero-order valence-corrected chi connectivity index (χ0v) is 12.3. The number of hydrogen-bond donors (Lipinski definition) is 1. The van der Waals surface area contributed by atoms with E-state index in [1.807, 2.05) is 36.4 Å². The molecule has 0 aliphatic rings. The second-order valence-electron chi connectivity index (χ2n) is 4.41. The smallest absolute Gasteiger partial charge is 0.204 e. The summed E-state index contributed by atoms with van der Waals surface area (Å²) in [6.45, 7) is 2.06. The van der Waals surface area contributed by atoms with Gasteiger partial charge >= 0.3 is 0 Å². The number of hydrogen-bond acceptors (Lipinski definition) is 5. The van der Waals surface area contributed by atoms with Gasteiger partial charge in [-0.25, -0.2) is 4.98 Å². The number of pyridine rings is 1. The molecule has 0 unspecified atom stereocenters. The second-order valence-corrected chi connectivity index (χ2v) is 5.62. The first-order chi connectivity index (χ1) is 10.3. The highest BCUT2D eigenvalue weighted by molar-refractivity contribution is 7.15. The summed E-state index contributed by atoms with van der Waals surface area (Å²) >= 11 is 1.59. The summed E-state index contributed by atoms with van der Waals surface area (Å²) in [4.78, 5) is 9.92. The largest absolute Gasteiger partial charge is 0.255 e. The summed E-state index contributed by atoms with van der Waals surface area (Å²) in [5, 5.41) is 4.95. The first kappa shape index (κ1) is 13.5. The predicted molar refractivity (Wildman–Crippen MR) is 87.7 cm³/mol. The Labute approximate surface area is 127 Å². The summed E-state index contributed by atoms with van der Waals surface area (Å²) in [6.07, 6.45) is 3.42. The third-order valence-corrected chi connectivity index (χ3v) is 3.76. The molecule has 4 nitrogen and oxygen atoms in total. The van der Waals surface area contributed by atoms with E-state index in [0.717, 1.165) is 27.0 Å². The number of aryl methyl sites for hydroxylation is 1. The zero-order valence-electron chi connectivity index (χ0n) is 11.5. The van der Waals surface area contributed by atoms with Crippen molar-refractivity contribution in [1.29, 1.82) is 0 Å². The van der Waals surface area contributed by atoms with Gasteiger partial charge in [-0.3, -0.25) is 10.4 Å². The van der Waals surface area contributed by atoms with Crippen molar-refractivity contribution in [2.75, 3.05) is 5.43 Å². The Bertz CT molecular complexity index is 735. The minimum absolute atomic E-state index is 0.776. The monoisotopic (exact) mass is 294 g/mol. The van der Waals surface area contributed by atoms with Crippen LogP contribution in [0.25, 0.3) is 11.3 Å². The molecule has 0 amide bonds. The predicted octanol–water partition coefficient (Wildman–Crippen LogP) is 3.96. The molecule has 0 atom stereocenters. The van der Waals surface area contributed by atoms with Crippen molar-refractivity contribution in [3.63, 3.8) is 0 Å². The van der Waals surface area contributed by atoms with Crippen molar-refractivity contribution < 1.29 is 0 Å². The normalized spacial score (nSPS) is 10.9. The number of rotatable bonds is 4. The summed E-state index contributed by atoms with van der Waals surface area (Å²) in [6, 6.07) is 15.8. The molecular formula is C16H14N4S. The molecule has 21 heavy (non-hydrogen) atoms. The van der Waals surface area contributed by atoms with Gasteiger partial charge < -0.3 is 0 Å². The minimum Gasteiger partial charge on any atom is -0.255 e. The fraction of sp³-hybridized carbons (Fsp3) is 0.0625. The van der Waals surface area contributed by atoms with Crippen LogP contribution in [0, 0.1) is 6.92 Å². The van der Waals surface area contributed by atoms with E-state index in [4.69, 9.17) is 0 Å². The Morgan fingerprint density at radius 2 is 1.90 bits per heavy atom. The lowest BCUT2D eigenvalue weighted by Crippen LogP contribution is -1.91. The van der Waals surface area contributed by atoms with Crippen molar-refractivity contribution >= 4 is 22.7 Å². The molecule has 3 aromatic rings. The molecule has 0 bridgehead atoms. The van der Waals surface area contributed by atoms with Gasteiger partial charge in [0.2, 0.25) is 5.13 Å². The van der Waals surface area contributed by atoms with Gasteiger partial charge in [-0.05, 0) is 19.1 Å². The molecule has 5 heteroatoms. The minimum atomic E-state index is 0.776. The van der Waals surface area contributed by atoms with Crippen molar-refractivity contribution in [2.24, 2.45) is 5.10 Å². The molecule has 0 fully saturated rings. The van der Waals surface area contributed by atoms with Crippen LogP contribution in [0.1, 0.15) is 10.6 Å². The van der Waals surface area contributed by atoms with Crippen LogP contribution >= 0.6 is 11.3 Å². The van der Waals surface area contributed by atoms with Crippen LogP contribution in [0.2, 0.25) is 0 Å². The molecule has 1 N–H and O–H groups in total. The van der Waals surface area contributed by atoms with Crippen LogP contribution in [0.5, 0.6) is 0 Å². The van der Waals surface area contributed by atoms with Gasteiger partial charge in [0.25, 0.3) is 0 Å². The summed E-state index contributed by atoms with van der Waals surface area (Å²) in [7, 11) is 0. The van der Waals surface area contributed by atoms with E-state index in [2.05, 4.69) is 39.6 Å². The second kappa shape index (κ2) is 6.28. The Kier molecular flexibility index (Phi) is 4.02. The number of nitrogens with one attached hydrogen (secondary N) is 1. The molecule has 2 heterocycles. The van der Waals surface area contributed by atoms with Crippen LogP contribution in [0.3, 0.4) is 0 Å². The van der Waals surface area contributed by atoms with E-state index < -0.39 is 0 Å². The van der Waals surface area contributed by atoms with Crippen molar-refractivity contribution in [3.8, 4) is 11.3 Å². The van der Waals surface area contributed by atoms with E-state index >= 15 is 0 Å². The van der Waals surface area contributed by atoms with E-state index in [9.17, 15) is 0 Å². The molecular weight excluding hydrogens is 280 g/mol. The summed E-state index contributed by atoms with van der Waals surface area (Å²) in [5.41, 5.74) is 5.88. The molecule has 0 radical (unpaired) electrons. The number of thiazole rings is 1. The third kappa shape index (κ3) is 3.32. The summed E-state index contributed by atoms with van der Waals surface area (Å²) in [5.74, 6) is 0. The zero-order chi connectivity index (χ0) is 14.5. The van der Waals surface area contributed by atoms with Gasteiger partial charge in [-0.2, -0.15) is 5.10 Å². The van der Waals surface area contributed by atoms with Crippen molar-refractivity contribution in [1.82, 2.24) is 9.97 Å². The molecule has 3 rings (SSSR count). The molecule has 0 spiro atoms. The molecule has 0 aliphatic carbocycles. The highest BCUT2D eigenvalue weighted by Gasteiger charge is 2.08. The first-order valence-electron chi connectivity index (χ1n) is 6.56. The number of benzene rings is 1. The van der Waals surface area contributed by atoms with Crippen molar-refractivity contribution in [3.05, 3.63) is 65.3 Å². The van der Waals surface area contributed by atoms with Gasteiger partial charge in [-0.1, -0.05) is 36.4 Å². The highest BCUT2D eigenvalue weighted by Crippen LogP contribution is 2.29. The van der Waals surface area contributed by atoms with Crippen LogP contribution in [0.4, 0.5) is 5.13 Å². The Balaban J connectivity index is 1.75. The maximum absolute atomic E-state index is 4.58. The van der Waals surface area contributed by atoms with Crippen LogP contribution < -0.4 is 5.43 Å². The molecule has 0 saturated carbocycles. The van der Waals surface area contributed by atoms with Crippen LogP contribution in [-0.4, -0.2) is 16.2 Å². The maximum Gasteiger partial charge on any atom is 0.204 e. The average molecular weight is 294 g/mol. The lowest BCUT2D eigenvalue weighted by molar-refractivity contribution is 1.26. The fourth-order valence-corrected chi connectivity index (χ4v) is 2.70. The highest BCUT2D eigenvalue weighted by atomic mass is 32.1. The van der Waals surface area contributed by atoms with Crippen LogP contribution in [-0.2, 0) is 0 Å². The average Bonchev–Trinajstić information content (AvgIpc) is 2.90. The van der Waals surface area contributed by atoms with Gasteiger partial charge in [0, 0.05) is 16.6 Å². The standard InChI is InChI=1S/C16H14N4S/c1-12-15(13-7-3-2-4-8-13)19-16(21-12)20-18-11-14-9-5-6-10-17-14/h2-11H,1H3,(H,19,20)/b18-11-. The molecule has 1 aromatic carbocycles. The molecule has 104 valence electrons. The number of nitrogens with zero attached hydrogens (tertiary/aromatic N) is 3. The van der Waals surface area contributed by atoms with Gasteiger partial charge in [-0.15, -0.1) is 11.3 Å². The summed E-state index contributed by atoms with van der Waals surface area (Å²) < 4.78 is 0. The molecule has 2 aromatic heterocycles. The van der Waals surface area contributed by atoms with E-state index in [1.165, 1.54) is 0 Å². The van der Waals surface area contributed by atoms with E-state index in [-0.39, 0.29) is 0 Å². The van der Waals surface area contributed by atoms with Gasteiger partial charge in [0.1, 0.15) is 0 Å². The first-order valence-corrected chi connectivity index (χ1v) is 7.37. The SMILES string of the molecule is Cc1sc(N/N=C\c2ccccn2)nc1-c1ccccc1. The molecule has 0 saturated heterocycles. The number of hydrazone groups is 1. The lowest BCUT2D eigenvalue weighted by atomic mass is 10.1. The Morgan fingerprint density at radius 3 is 2.67 bits per heavy atom. The van der Waals surface area contributed by atoms with Gasteiger partial charge in [0.05, 0.1) is 17.6 Å². The van der Waals surface area contributed by atoms with Crippen molar-refractivity contribution in [2.45, 2.75) is 6.92 Å². The number of anilines is 1. The Morgan fingerprint density at radius 1 is 1.10 bits per heavy atom. The topological polar surface area (TPSA) is 50.2 Å². The third-order valence-electron chi connectivity index (χ3n) is 2.89. The lowest BCUT2D eigenvalue weighted by Gasteiger charge is -1.96. The Hall–Kier alpha value is -2.53. The number of aromatic nitrogens is 2. The molecule has 0 aliphatic heterocycles. The quantitative estimate of drug-likeness (QED) is 0.585. The van der Waals surface area contributed by atoms with E-state index in [1.54, 1.807) is 23.7 Å².